The number of carboxylic acids is 1. The van der Waals surface area contributed by atoms with Crippen LogP contribution in [0, 0.1) is 5.92 Å². The fraction of sp³-hybridized carbons (Fsp3) is 0.778. The van der Waals surface area contributed by atoms with E-state index in [4.69, 9.17) is 5.11 Å². The molecule has 0 aromatic rings. The van der Waals surface area contributed by atoms with E-state index in [1.807, 2.05) is 13.8 Å². The Bertz CT molecular complexity index is 204. The summed E-state index contributed by atoms with van der Waals surface area (Å²) in [6.07, 6.45) is 0.449. The van der Waals surface area contributed by atoms with Crippen LogP contribution in [0.3, 0.4) is 0 Å². The molecule has 14 heavy (non-hydrogen) atoms. The average Bonchev–Trinajstić information content (AvgIpc) is 2.02. The van der Waals surface area contributed by atoms with Crippen molar-refractivity contribution < 1.29 is 14.7 Å². The zero-order chi connectivity index (χ0) is 11.1. The Morgan fingerprint density at radius 1 is 1.36 bits per heavy atom. The molecule has 0 rings (SSSR count). The van der Waals surface area contributed by atoms with E-state index >= 15 is 0 Å². The van der Waals surface area contributed by atoms with Gasteiger partial charge in [-0.15, -0.1) is 0 Å². The van der Waals surface area contributed by atoms with Gasteiger partial charge in [-0.2, -0.15) is 0 Å². The van der Waals surface area contributed by atoms with E-state index in [-0.39, 0.29) is 18.4 Å². The van der Waals surface area contributed by atoms with E-state index in [0.29, 0.717) is 6.42 Å². The number of carboxylic acid groups (broad SMARTS) is 1. The molecule has 0 bridgehead atoms. The van der Waals surface area contributed by atoms with Gasteiger partial charge in [0.1, 0.15) is 6.04 Å². The van der Waals surface area contributed by atoms with Crippen LogP contribution in [0.1, 0.15) is 20.3 Å². The smallest absolute Gasteiger partial charge is 0.326 e. The second-order valence-corrected chi connectivity index (χ2v) is 3.62. The van der Waals surface area contributed by atoms with Crippen molar-refractivity contribution >= 4 is 11.9 Å². The molecule has 1 atom stereocenters. The van der Waals surface area contributed by atoms with Gasteiger partial charge in [-0.1, -0.05) is 13.8 Å². The largest absolute Gasteiger partial charge is 0.480 e. The van der Waals surface area contributed by atoms with Crippen LogP contribution < -0.4 is 10.6 Å². The van der Waals surface area contributed by atoms with Gasteiger partial charge >= 0.3 is 5.97 Å². The van der Waals surface area contributed by atoms with Gasteiger partial charge in [0, 0.05) is 0 Å². The van der Waals surface area contributed by atoms with Crippen LogP contribution in [-0.4, -0.2) is 36.6 Å². The molecule has 0 aliphatic carbocycles. The lowest BCUT2D eigenvalue weighted by molar-refractivity contribution is -0.142. The van der Waals surface area contributed by atoms with Gasteiger partial charge in [0.05, 0.1) is 6.54 Å². The number of hydrogen-bond donors (Lipinski definition) is 3. The van der Waals surface area contributed by atoms with Crippen LogP contribution >= 0.6 is 0 Å². The molecule has 0 aromatic carbocycles. The molecule has 0 spiro atoms. The molecule has 82 valence electrons. The first-order valence-corrected chi connectivity index (χ1v) is 4.64. The summed E-state index contributed by atoms with van der Waals surface area (Å²) in [4.78, 5) is 21.8. The summed E-state index contributed by atoms with van der Waals surface area (Å²) in [7, 11) is 1.64. The highest BCUT2D eigenvalue weighted by Crippen LogP contribution is 2.04. The van der Waals surface area contributed by atoms with E-state index in [9.17, 15) is 9.59 Å². The van der Waals surface area contributed by atoms with Crippen molar-refractivity contribution in [3.63, 3.8) is 0 Å². The maximum Gasteiger partial charge on any atom is 0.326 e. The molecule has 0 fully saturated rings. The minimum atomic E-state index is -0.983. The molecule has 0 aliphatic heterocycles. The first-order valence-electron chi connectivity index (χ1n) is 4.64. The van der Waals surface area contributed by atoms with Crippen LogP contribution in [-0.2, 0) is 9.59 Å². The van der Waals surface area contributed by atoms with Gasteiger partial charge in [0.15, 0.2) is 0 Å². The molecule has 0 saturated heterocycles. The fourth-order valence-corrected chi connectivity index (χ4v) is 1.10. The zero-order valence-corrected chi connectivity index (χ0v) is 8.83. The predicted octanol–water partition coefficient (Wildman–Crippen LogP) is -0.179. The highest BCUT2D eigenvalue weighted by Gasteiger charge is 2.20. The number of hydrogen-bond acceptors (Lipinski definition) is 3. The molecule has 5 nitrogen and oxygen atoms in total. The molecular formula is C9H18N2O3. The summed E-state index contributed by atoms with van der Waals surface area (Å²) in [5.41, 5.74) is 0. The van der Waals surface area contributed by atoms with Crippen molar-refractivity contribution in [1.82, 2.24) is 10.6 Å². The van der Waals surface area contributed by atoms with Crippen LogP contribution in [0.25, 0.3) is 0 Å². The lowest BCUT2D eigenvalue weighted by atomic mass is 10.0. The Hall–Kier alpha value is -1.10. The molecule has 0 unspecified atom stereocenters. The molecule has 0 radical (unpaired) electrons. The fourth-order valence-electron chi connectivity index (χ4n) is 1.10. The SMILES string of the molecule is CNCC(=O)N[C@@H](CC(C)C)C(=O)O. The summed E-state index contributed by atoms with van der Waals surface area (Å²) in [5.74, 6) is -1.03. The molecule has 3 N–H and O–H groups in total. The molecule has 1 amide bonds. The third-order valence-electron chi connectivity index (χ3n) is 1.68. The van der Waals surface area contributed by atoms with Gasteiger partial charge in [-0.3, -0.25) is 4.79 Å². The minimum Gasteiger partial charge on any atom is -0.480 e. The summed E-state index contributed by atoms with van der Waals surface area (Å²) < 4.78 is 0. The van der Waals surface area contributed by atoms with Crippen molar-refractivity contribution in [2.24, 2.45) is 5.92 Å². The number of amides is 1. The lowest BCUT2D eigenvalue weighted by Gasteiger charge is -2.16. The van der Waals surface area contributed by atoms with Crippen LogP contribution in [0.2, 0.25) is 0 Å². The second-order valence-electron chi connectivity index (χ2n) is 3.62. The summed E-state index contributed by atoms with van der Waals surface area (Å²) in [6.45, 7) is 3.97. The molecule has 0 aliphatic rings. The van der Waals surface area contributed by atoms with Crippen LogP contribution in [0.4, 0.5) is 0 Å². The topological polar surface area (TPSA) is 78.4 Å². The zero-order valence-electron chi connectivity index (χ0n) is 8.83. The molecule has 5 heteroatoms. The highest BCUT2D eigenvalue weighted by molar-refractivity contribution is 5.84. The van der Waals surface area contributed by atoms with E-state index in [2.05, 4.69) is 10.6 Å². The number of likely N-dealkylation sites (N-methyl/N-ethyl adjacent to an activating group) is 1. The number of rotatable bonds is 6. The average molecular weight is 202 g/mol. The van der Waals surface area contributed by atoms with Gasteiger partial charge in [-0.05, 0) is 19.4 Å². The number of carbonyl (C=O) groups excluding carboxylic acids is 1. The van der Waals surface area contributed by atoms with E-state index < -0.39 is 12.0 Å². The Balaban J connectivity index is 4.09. The first kappa shape index (κ1) is 12.9. The standard InChI is InChI=1S/C9H18N2O3/c1-6(2)4-7(9(13)14)11-8(12)5-10-3/h6-7,10H,4-5H2,1-3H3,(H,11,12)(H,13,14)/t7-/m0/s1. The van der Waals surface area contributed by atoms with Gasteiger partial charge in [0.2, 0.25) is 5.91 Å². The Kier molecular flexibility index (Phi) is 5.87. The minimum absolute atomic E-state index is 0.141. The van der Waals surface area contributed by atoms with E-state index in [1.165, 1.54) is 0 Å². The number of nitrogens with one attached hydrogen (secondary N) is 2. The summed E-state index contributed by atoms with van der Waals surface area (Å²) in [6, 6.07) is -0.782. The third-order valence-corrected chi connectivity index (χ3v) is 1.68. The van der Waals surface area contributed by atoms with E-state index in [1.54, 1.807) is 7.05 Å². The van der Waals surface area contributed by atoms with Gasteiger partial charge in [-0.25, -0.2) is 4.79 Å². The summed E-state index contributed by atoms with van der Waals surface area (Å²) in [5, 5.41) is 13.9. The second kappa shape index (κ2) is 6.37. The molecule has 0 saturated carbocycles. The van der Waals surface area contributed by atoms with Gasteiger partial charge in [0.25, 0.3) is 0 Å². The number of carbonyl (C=O) groups is 2. The third kappa shape index (κ3) is 5.53. The van der Waals surface area contributed by atoms with Crippen molar-refractivity contribution in [1.29, 1.82) is 0 Å². The molecule has 0 aromatic heterocycles. The highest BCUT2D eigenvalue weighted by atomic mass is 16.4. The Labute approximate surface area is 83.9 Å². The van der Waals surface area contributed by atoms with Gasteiger partial charge < -0.3 is 15.7 Å². The maximum absolute atomic E-state index is 11.1. The van der Waals surface area contributed by atoms with Crippen molar-refractivity contribution in [3.8, 4) is 0 Å². The monoisotopic (exact) mass is 202 g/mol. The van der Waals surface area contributed by atoms with Crippen LogP contribution in [0.15, 0.2) is 0 Å². The van der Waals surface area contributed by atoms with Crippen LogP contribution in [0.5, 0.6) is 0 Å². The maximum atomic E-state index is 11.1. The predicted molar refractivity (Wildman–Crippen MR) is 52.9 cm³/mol. The quantitative estimate of drug-likeness (QED) is 0.558. The normalized spacial score (nSPS) is 12.6. The van der Waals surface area contributed by atoms with Crippen molar-refractivity contribution in [2.75, 3.05) is 13.6 Å². The van der Waals surface area contributed by atoms with Crippen molar-refractivity contribution in [3.05, 3.63) is 0 Å². The Morgan fingerprint density at radius 2 is 1.93 bits per heavy atom. The molecule has 0 heterocycles. The number of aliphatic carboxylic acids is 1. The Morgan fingerprint density at radius 3 is 2.29 bits per heavy atom. The summed E-state index contributed by atoms with van der Waals surface area (Å²) >= 11 is 0. The lowest BCUT2D eigenvalue weighted by Crippen LogP contribution is -2.44. The molecular weight excluding hydrogens is 184 g/mol. The van der Waals surface area contributed by atoms with E-state index in [0.717, 1.165) is 0 Å². The van der Waals surface area contributed by atoms with Crippen molar-refractivity contribution in [2.45, 2.75) is 26.3 Å². The first-order chi connectivity index (χ1) is 6.47.